The second-order valence-electron chi connectivity index (χ2n) is 5.23. The number of anilines is 1. The first kappa shape index (κ1) is 15.9. The zero-order chi connectivity index (χ0) is 14.1. The average Bonchev–Trinajstić information content (AvgIpc) is 2.42. The van der Waals surface area contributed by atoms with E-state index in [0.29, 0.717) is 13.2 Å². The molecule has 0 bridgehead atoms. The molecule has 4 heteroatoms. The molecule has 19 heavy (non-hydrogen) atoms. The summed E-state index contributed by atoms with van der Waals surface area (Å²) in [5.41, 5.74) is 1.93. The minimum Gasteiger partial charge on any atom is -0.385 e. The van der Waals surface area contributed by atoms with Gasteiger partial charge in [-0.05, 0) is 38.8 Å². The van der Waals surface area contributed by atoms with Crippen molar-refractivity contribution in [2.24, 2.45) is 0 Å². The molecule has 0 fully saturated rings. The maximum Gasteiger partial charge on any atom is 0.0888 e. The Balaban J connectivity index is 2.33. The van der Waals surface area contributed by atoms with E-state index >= 15 is 0 Å². The molecule has 1 aromatic heterocycles. The molecule has 0 unspecified atom stereocenters. The number of rotatable bonds is 9. The zero-order valence-corrected chi connectivity index (χ0v) is 12.5. The molecule has 0 spiro atoms. The lowest BCUT2D eigenvalue weighted by molar-refractivity contribution is -0.0128. The SMILES string of the molecule is CCCNc1ccnc(COCCC(C)(C)OC)c1. The van der Waals surface area contributed by atoms with E-state index in [1.54, 1.807) is 7.11 Å². The van der Waals surface area contributed by atoms with E-state index in [4.69, 9.17) is 9.47 Å². The Labute approximate surface area is 116 Å². The molecule has 1 N–H and O–H groups in total. The number of nitrogens with zero attached hydrogens (tertiary/aromatic N) is 1. The molecule has 0 atom stereocenters. The molecule has 4 nitrogen and oxygen atoms in total. The minimum atomic E-state index is -0.127. The van der Waals surface area contributed by atoms with Gasteiger partial charge in [-0.2, -0.15) is 0 Å². The number of nitrogens with one attached hydrogen (secondary N) is 1. The molecule has 1 aromatic rings. The molecular weight excluding hydrogens is 240 g/mol. The summed E-state index contributed by atoms with van der Waals surface area (Å²) in [6.45, 7) is 8.46. The summed E-state index contributed by atoms with van der Waals surface area (Å²) in [6.07, 6.45) is 3.80. The third kappa shape index (κ3) is 6.55. The molecule has 0 aromatic carbocycles. The van der Waals surface area contributed by atoms with Gasteiger partial charge < -0.3 is 14.8 Å². The van der Waals surface area contributed by atoms with E-state index in [9.17, 15) is 0 Å². The van der Waals surface area contributed by atoms with Crippen molar-refractivity contribution >= 4 is 5.69 Å². The van der Waals surface area contributed by atoms with Crippen molar-refractivity contribution in [3.8, 4) is 0 Å². The van der Waals surface area contributed by atoms with E-state index in [-0.39, 0.29) is 5.60 Å². The van der Waals surface area contributed by atoms with Crippen LogP contribution in [0.5, 0.6) is 0 Å². The van der Waals surface area contributed by atoms with Gasteiger partial charge in [0.1, 0.15) is 0 Å². The maximum atomic E-state index is 5.65. The fourth-order valence-corrected chi connectivity index (χ4v) is 1.53. The lowest BCUT2D eigenvalue weighted by Crippen LogP contribution is -2.24. The van der Waals surface area contributed by atoms with Crippen LogP contribution in [0, 0.1) is 0 Å². The minimum absolute atomic E-state index is 0.127. The van der Waals surface area contributed by atoms with Crippen LogP contribution in [-0.4, -0.2) is 30.8 Å². The Morgan fingerprint density at radius 1 is 1.37 bits per heavy atom. The summed E-state index contributed by atoms with van der Waals surface area (Å²) < 4.78 is 11.0. The van der Waals surface area contributed by atoms with Crippen LogP contribution in [0.1, 0.15) is 39.3 Å². The molecule has 0 amide bonds. The number of aromatic nitrogens is 1. The molecule has 108 valence electrons. The molecule has 0 aliphatic rings. The van der Waals surface area contributed by atoms with Gasteiger partial charge in [-0.1, -0.05) is 6.92 Å². The first-order valence-electron chi connectivity index (χ1n) is 6.89. The monoisotopic (exact) mass is 266 g/mol. The Morgan fingerprint density at radius 3 is 2.84 bits per heavy atom. The highest BCUT2D eigenvalue weighted by molar-refractivity contribution is 5.42. The first-order chi connectivity index (χ1) is 9.07. The van der Waals surface area contributed by atoms with Gasteiger partial charge in [0.05, 0.1) is 17.9 Å². The van der Waals surface area contributed by atoms with Gasteiger partial charge in [0.15, 0.2) is 0 Å². The van der Waals surface area contributed by atoms with Crippen LogP contribution in [0.4, 0.5) is 5.69 Å². The van der Waals surface area contributed by atoms with E-state index < -0.39 is 0 Å². The van der Waals surface area contributed by atoms with E-state index in [2.05, 4.69) is 31.1 Å². The van der Waals surface area contributed by atoms with Crippen LogP contribution in [0.15, 0.2) is 18.3 Å². The van der Waals surface area contributed by atoms with E-state index in [1.807, 2.05) is 18.3 Å². The molecule has 0 radical (unpaired) electrons. The van der Waals surface area contributed by atoms with Crippen molar-refractivity contribution < 1.29 is 9.47 Å². The molecule has 0 saturated heterocycles. The first-order valence-corrected chi connectivity index (χ1v) is 6.89. The number of ether oxygens (including phenoxy) is 2. The van der Waals surface area contributed by atoms with E-state index in [0.717, 1.165) is 30.8 Å². The van der Waals surface area contributed by atoms with E-state index in [1.165, 1.54) is 0 Å². The standard InChI is InChI=1S/C15H26N2O2/c1-5-8-16-13-6-9-17-14(11-13)12-19-10-7-15(2,3)18-4/h6,9,11H,5,7-8,10,12H2,1-4H3,(H,16,17). The highest BCUT2D eigenvalue weighted by Gasteiger charge is 2.15. The third-order valence-electron chi connectivity index (χ3n) is 3.05. The second-order valence-corrected chi connectivity index (χ2v) is 5.23. The molecule has 1 heterocycles. The number of pyridine rings is 1. The van der Waals surface area contributed by atoms with Crippen LogP contribution < -0.4 is 5.32 Å². The average molecular weight is 266 g/mol. The largest absolute Gasteiger partial charge is 0.385 e. The van der Waals surface area contributed by atoms with Crippen LogP contribution in [-0.2, 0) is 16.1 Å². The number of methoxy groups -OCH3 is 1. The van der Waals surface area contributed by atoms with Gasteiger partial charge in [-0.3, -0.25) is 4.98 Å². The van der Waals surface area contributed by atoms with Crippen molar-refractivity contribution in [3.63, 3.8) is 0 Å². The third-order valence-corrected chi connectivity index (χ3v) is 3.05. The Kier molecular flexibility index (Phi) is 6.81. The smallest absolute Gasteiger partial charge is 0.0888 e. The predicted octanol–water partition coefficient (Wildman–Crippen LogP) is 3.24. The van der Waals surface area contributed by atoms with Crippen molar-refractivity contribution in [3.05, 3.63) is 24.0 Å². The fraction of sp³-hybridized carbons (Fsp3) is 0.667. The van der Waals surface area contributed by atoms with Crippen LogP contribution in [0.25, 0.3) is 0 Å². The Hall–Kier alpha value is -1.13. The van der Waals surface area contributed by atoms with Crippen molar-refractivity contribution in [2.45, 2.75) is 45.8 Å². The van der Waals surface area contributed by atoms with Crippen molar-refractivity contribution in [1.29, 1.82) is 0 Å². The summed E-state index contributed by atoms with van der Waals surface area (Å²) in [6, 6.07) is 4.02. The molecule has 0 aliphatic carbocycles. The maximum absolute atomic E-state index is 5.65. The topological polar surface area (TPSA) is 43.4 Å². The second kappa shape index (κ2) is 8.12. The highest BCUT2D eigenvalue weighted by Crippen LogP contribution is 2.13. The summed E-state index contributed by atoms with van der Waals surface area (Å²) in [5.74, 6) is 0. The van der Waals surface area contributed by atoms with Gasteiger partial charge in [0.2, 0.25) is 0 Å². The van der Waals surface area contributed by atoms with Crippen LogP contribution >= 0.6 is 0 Å². The Morgan fingerprint density at radius 2 is 2.16 bits per heavy atom. The lowest BCUT2D eigenvalue weighted by Gasteiger charge is -2.22. The zero-order valence-electron chi connectivity index (χ0n) is 12.5. The van der Waals surface area contributed by atoms with Gasteiger partial charge in [0.25, 0.3) is 0 Å². The quantitative estimate of drug-likeness (QED) is 0.697. The van der Waals surface area contributed by atoms with Crippen LogP contribution in [0.3, 0.4) is 0 Å². The summed E-state index contributed by atoms with van der Waals surface area (Å²) in [5, 5.41) is 3.34. The summed E-state index contributed by atoms with van der Waals surface area (Å²) in [4.78, 5) is 4.31. The highest BCUT2D eigenvalue weighted by atomic mass is 16.5. The number of hydrogen-bond acceptors (Lipinski definition) is 4. The van der Waals surface area contributed by atoms with Crippen molar-refractivity contribution in [2.75, 3.05) is 25.6 Å². The summed E-state index contributed by atoms with van der Waals surface area (Å²) >= 11 is 0. The van der Waals surface area contributed by atoms with Gasteiger partial charge >= 0.3 is 0 Å². The number of hydrogen-bond donors (Lipinski definition) is 1. The molecule has 0 saturated carbocycles. The van der Waals surface area contributed by atoms with Gasteiger partial charge in [-0.15, -0.1) is 0 Å². The lowest BCUT2D eigenvalue weighted by atomic mass is 10.1. The molecule has 1 rings (SSSR count). The normalized spacial score (nSPS) is 11.6. The van der Waals surface area contributed by atoms with Gasteiger partial charge in [-0.25, -0.2) is 0 Å². The molecular formula is C15H26N2O2. The molecule has 0 aliphatic heterocycles. The van der Waals surface area contributed by atoms with Gasteiger partial charge in [0, 0.05) is 32.1 Å². The fourth-order valence-electron chi connectivity index (χ4n) is 1.53. The summed E-state index contributed by atoms with van der Waals surface area (Å²) in [7, 11) is 1.73. The Bertz CT molecular complexity index is 367. The van der Waals surface area contributed by atoms with Crippen molar-refractivity contribution in [1.82, 2.24) is 4.98 Å². The predicted molar refractivity (Wildman–Crippen MR) is 78.4 cm³/mol. The van der Waals surface area contributed by atoms with Crippen LogP contribution in [0.2, 0.25) is 0 Å².